The topological polar surface area (TPSA) is 103 Å². The molecule has 1 aliphatic heterocycles. The molecule has 0 aliphatic carbocycles. The van der Waals surface area contributed by atoms with Crippen molar-refractivity contribution < 1.29 is 32.7 Å². The van der Waals surface area contributed by atoms with Crippen LogP contribution in [0, 0.1) is 0 Å². The van der Waals surface area contributed by atoms with E-state index in [1.54, 1.807) is 20.8 Å². The number of nitrogens with zero attached hydrogens (tertiary/aromatic N) is 1. The maximum atomic E-state index is 12.7. The first kappa shape index (κ1) is 22.6. The normalized spacial score (nSPS) is 21.2. The van der Waals surface area contributed by atoms with Crippen LogP contribution in [0.15, 0.2) is 0 Å². The summed E-state index contributed by atoms with van der Waals surface area (Å²) in [7, 11) is -3.48. The van der Waals surface area contributed by atoms with Gasteiger partial charge in [0.15, 0.2) is 0 Å². The van der Waals surface area contributed by atoms with Gasteiger partial charge in [-0.3, -0.25) is 4.57 Å². The molecule has 13 heteroatoms. The van der Waals surface area contributed by atoms with Gasteiger partial charge in [0, 0.05) is 0 Å². The number of ether oxygens (including phenoxy) is 2. The fourth-order valence-electron chi connectivity index (χ4n) is 2.04. The molecule has 0 aromatic heterocycles. The fraction of sp³-hybridized carbons (Fsp3) is 0.833. The Morgan fingerprint density at radius 2 is 1.88 bits per heavy atom. The number of cyclic esters (lactones) is 1. The van der Waals surface area contributed by atoms with Gasteiger partial charge in [0.05, 0.1) is 19.4 Å². The lowest BCUT2D eigenvalue weighted by atomic mass is 10.2. The maximum absolute atomic E-state index is 12.7. The number of hydrogen-bond donors (Lipinski definition) is 1. The number of carbonyl (C=O) groups is 2. The van der Waals surface area contributed by atoms with E-state index < -0.39 is 42.3 Å². The summed E-state index contributed by atoms with van der Waals surface area (Å²) >= 11 is 16.4. The van der Waals surface area contributed by atoms with Crippen LogP contribution >= 0.6 is 42.4 Å². The molecule has 2 amide bonds. The Hall–Kier alpha value is -0.440. The Kier molecular flexibility index (Phi) is 8.57. The molecular weight excluding hydrogens is 421 g/mol. The minimum Gasteiger partial charge on any atom is -0.444 e. The Labute approximate surface area is 160 Å². The largest absolute Gasteiger partial charge is 0.444 e. The second kappa shape index (κ2) is 9.48. The van der Waals surface area contributed by atoms with Gasteiger partial charge in [-0.25, -0.2) is 20.0 Å². The first-order chi connectivity index (χ1) is 11.5. The number of hydrogen-bond acceptors (Lipinski definition) is 7. The van der Waals surface area contributed by atoms with E-state index in [-0.39, 0.29) is 19.4 Å². The maximum Gasteiger partial charge on any atom is 0.429 e. The molecule has 0 radical (unpaired) electrons. The summed E-state index contributed by atoms with van der Waals surface area (Å²) < 4.78 is 31.0. The van der Waals surface area contributed by atoms with Crippen LogP contribution in [-0.4, -0.2) is 59.1 Å². The summed E-state index contributed by atoms with van der Waals surface area (Å²) in [5.41, 5.74) is 2.18. The van der Waals surface area contributed by atoms with Gasteiger partial charge >= 0.3 is 19.8 Å². The summed E-state index contributed by atoms with van der Waals surface area (Å²) in [5.74, 6) is 0. The summed E-state index contributed by atoms with van der Waals surface area (Å²) in [6.07, 6.45) is -2.73. The fourth-order valence-corrected chi connectivity index (χ4v) is 4.20. The van der Waals surface area contributed by atoms with Crippen LogP contribution in [0.4, 0.5) is 9.59 Å². The number of hydrazine groups is 1. The van der Waals surface area contributed by atoms with E-state index in [0.717, 1.165) is 5.01 Å². The van der Waals surface area contributed by atoms with Crippen molar-refractivity contribution in [1.29, 1.82) is 0 Å². The highest BCUT2D eigenvalue weighted by molar-refractivity contribution is 7.53. The average Bonchev–Trinajstić information content (AvgIpc) is 2.72. The molecule has 1 rings (SSSR count). The zero-order valence-corrected chi connectivity index (χ0v) is 17.0. The van der Waals surface area contributed by atoms with Gasteiger partial charge in [-0.1, -0.05) is 34.8 Å². The van der Waals surface area contributed by atoms with Crippen molar-refractivity contribution in [2.45, 2.75) is 36.7 Å². The molecule has 0 unspecified atom stereocenters. The third-order valence-corrected chi connectivity index (χ3v) is 5.45. The van der Waals surface area contributed by atoms with Crippen LogP contribution < -0.4 is 5.43 Å². The molecule has 0 bridgehead atoms. The number of amides is 2. The highest BCUT2D eigenvalue weighted by Crippen LogP contribution is 2.50. The standard InChI is InChI=1S/C12H20Cl3N2O7P/c1-4-22-25(20,23-5-2)6-9-8(3)24-11(19)17(9)16-10(18)21-7-12(13,14)15/h8-9H,4-7H2,1-3H3,(H,16,18)/t8-,9+/m1/s1. The SMILES string of the molecule is CCOP(=O)(C[C@H]1[C@@H](C)OC(=O)N1NC(=O)OCC(Cl)(Cl)Cl)OCC. The summed E-state index contributed by atoms with van der Waals surface area (Å²) in [4.78, 5) is 23.7. The second-order valence-corrected chi connectivity index (χ2v) is 9.58. The molecule has 2 atom stereocenters. The van der Waals surface area contributed by atoms with Gasteiger partial charge in [0.1, 0.15) is 18.8 Å². The molecule has 1 aliphatic rings. The molecule has 0 saturated carbocycles. The number of nitrogens with one attached hydrogen (secondary N) is 1. The smallest absolute Gasteiger partial charge is 0.429 e. The van der Waals surface area contributed by atoms with Crippen LogP contribution in [0.5, 0.6) is 0 Å². The van der Waals surface area contributed by atoms with Crippen molar-refractivity contribution in [3.05, 3.63) is 0 Å². The van der Waals surface area contributed by atoms with E-state index in [1.165, 1.54) is 0 Å². The lowest BCUT2D eigenvalue weighted by Crippen LogP contribution is -2.50. The van der Waals surface area contributed by atoms with E-state index in [1.807, 2.05) is 0 Å². The lowest BCUT2D eigenvalue weighted by molar-refractivity contribution is 0.105. The van der Waals surface area contributed by atoms with Crippen molar-refractivity contribution >= 4 is 54.6 Å². The first-order valence-electron chi connectivity index (χ1n) is 7.39. The van der Waals surface area contributed by atoms with E-state index >= 15 is 0 Å². The van der Waals surface area contributed by atoms with Crippen LogP contribution in [0.3, 0.4) is 0 Å². The minimum absolute atomic E-state index is 0.159. The van der Waals surface area contributed by atoms with E-state index in [9.17, 15) is 14.2 Å². The highest BCUT2D eigenvalue weighted by atomic mass is 35.6. The quantitative estimate of drug-likeness (QED) is 0.454. The molecule has 0 aromatic carbocycles. The monoisotopic (exact) mass is 440 g/mol. The van der Waals surface area contributed by atoms with Gasteiger partial charge in [-0.2, -0.15) is 0 Å². The Morgan fingerprint density at radius 3 is 2.36 bits per heavy atom. The van der Waals surface area contributed by atoms with E-state index in [2.05, 4.69) is 5.43 Å². The summed E-state index contributed by atoms with van der Waals surface area (Å²) in [5, 5.41) is 0.857. The second-order valence-electron chi connectivity index (χ2n) is 4.96. The zero-order chi connectivity index (χ0) is 19.3. The van der Waals surface area contributed by atoms with Crippen molar-refractivity contribution in [2.24, 2.45) is 0 Å². The third kappa shape index (κ3) is 7.37. The number of halogens is 3. The van der Waals surface area contributed by atoms with Crippen molar-refractivity contribution in [3.63, 3.8) is 0 Å². The molecule has 25 heavy (non-hydrogen) atoms. The number of alkyl halides is 3. The summed E-state index contributed by atoms with van der Waals surface area (Å²) in [6, 6.07) is -0.795. The Morgan fingerprint density at radius 1 is 1.32 bits per heavy atom. The predicted molar refractivity (Wildman–Crippen MR) is 92.1 cm³/mol. The van der Waals surface area contributed by atoms with Gasteiger partial charge < -0.3 is 18.5 Å². The van der Waals surface area contributed by atoms with Crippen molar-refractivity contribution in [3.8, 4) is 0 Å². The number of carbonyl (C=O) groups excluding carboxylic acids is 2. The molecule has 1 fully saturated rings. The molecule has 9 nitrogen and oxygen atoms in total. The van der Waals surface area contributed by atoms with E-state index in [0.29, 0.717) is 0 Å². The van der Waals surface area contributed by atoms with Crippen LogP contribution in [-0.2, 0) is 23.1 Å². The molecule has 0 aromatic rings. The third-order valence-electron chi connectivity index (χ3n) is 3.00. The molecule has 1 N–H and O–H groups in total. The van der Waals surface area contributed by atoms with Gasteiger partial charge in [0.2, 0.25) is 3.79 Å². The van der Waals surface area contributed by atoms with E-state index in [4.69, 9.17) is 53.3 Å². The average molecular weight is 442 g/mol. The number of rotatable bonds is 8. The van der Waals surface area contributed by atoms with Gasteiger partial charge in [-0.15, -0.1) is 0 Å². The Bertz CT molecular complexity index is 521. The first-order valence-corrected chi connectivity index (χ1v) is 10.3. The van der Waals surface area contributed by atoms with Crippen molar-refractivity contribution in [1.82, 2.24) is 10.4 Å². The van der Waals surface area contributed by atoms with Gasteiger partial charge in [-0.05, 0) is 20.8 Å². The minimum atomic E-state index is -3.48. The molecular formula is C12H20Cl3N2O7P. The zero-order valence-electron chi connectivity index (χ0n) is 13.9. The molecule has 1 heterocycles. The predicted octanol–water partition coefficient (Wildman–Crippen LogP) is 3.47. The van der Waals surface area contributed by atoms with Crippen LogP contribution in [0.1, 0.15) is 20.8 Å². The Balaban J connectivity index is 2.80. The van der Waals surface area contributed by atoms with Crippen LogP contribution in [0.2, 0.25) is 0 Å². The molecule has 146 valence electrons. The summed E-state index contributed by atoms with van der Waals surface area (Å²) in [6.45, 7) is 4.70. The molecule has 0 spiro atoms. The van der Waals surface area contributed by atoms with Crippen LogP contribution in [0.25, 0.3) is 0 Å². The lowest BCUT2D eigenvalue weighted by Gasteiger charge is -2.26. The molecule has 1 saturated heterocycles. The van der Waals surface area contributed by atoms with Crippen molar-refractivity contribution in [2.75, 3.05) is 26.0 Å². The van der Waals surface area contributed by atoms with Gasteiger partial charge in [0.25, 0.3) is 0 Å². The highest BCUT2D eigenvalue weighted by Gasteiger charge is 2.45.